The van der Waals surface area contributed by atoms with Gasteiger partial charge in [-0.1, -0.05) is 59.3 Å². The van der Waals surface area contributed by atoms with Crippen molar-refractivity contribution in [3.05, 3.63) is 119 Å². The molecule has 10 heteroatoms. The summed E-state index contributed by atoms with van der Waals surface area (Å²) in [6, 6.07) is 19.6. The summed E-state index contributed by atoms with van der Waals surface area (Å²) < 4.78 is 24.6. The molecule has 4 aromatic rings. The predicted molar refractivity (Wildman–Crippen MR) is 167 cm³/mol. The first-order chi connectivity index (χ1) is 20.8. The van der Waals surface area contributed by atoms with Gasteiger partial charge < -0.3 is 18.9 Å². The van der Waals surface area contributed by atoms with Gasteiger partial charge >= 0.3 is 5.97 Å². The number of ether oxygens (including phenoxy) is 4. The standard InChI is InChI=1S/C33H31ClN2O6S/c1-5-40-27-17-21(11-16-26(27)42-19-23-9-7-8-10-25(23)34)18-28-31(37)36-30(22-12-14-24(39-4)15-13-22)29(32(38)41-6-2)20(3)35-33(36)43-28/h7-18,30H,5-6,19H2,1-4H3/b28-18+. The van der Waals surface area contributed by atoms with Crippen molar-refractivity contribution >= 4 is 35.0 Å². The summed E-state index contributed by atoms with van der Waals surface area (Å²) in [5.41, 5.74) is 2.91. The number of hydrogen-bond acceptors (Lipinski definition) is 8. The number of allylic oxidation sites excluding steroid dienone is 1. The van der Waals surface area contributed by atoms with Crippen molar-refractivity contribution in [2.24, 2.45) is 4.99 Å². The Morgan fingerprint density at radius 1 is 1.02 bits per heavy atom. The fourth-order valence-electron chi connectivity index (χ4n) is 4.82. The number of methoxy groups -OCH3 is 1. The second-order valence-electron chi connectivity index (χ2n) is 9.59. The number of aromatic nitrogens is 1. The van der Waals surface area contributed by atoms with Gasteiger partial charge in [-0.2, -0.15) is 0 Å². The van der Waals surface area contributed by atoms with E-state index in [2.05, 4.69) is 4.99 Å². The lowest BCUT2D eigenvalue weighted by Crippen LogP contribution is -2.39. The van der Waals surface area contributed by atoms with Gasteiger partial charge in [0.2, 0.25) is 0 Å². The van der Waals surface area contributed by atoms with Crippen molar-refractivity contribution in [3.8, 4) is 17.2 Å². The van der Waals surface area contributed by atoms with Crippen LogP contribution in [0, 0.1) is 0 Å². The lowest BCUT2D eigenvalue weighted by molar-refractivity contribution is -0.139. The van der Waals surface area contributed by atoms with E-state index in [0.29, 0.717) is 49.5 Å². The zero-order chi connectivity index (χ0) is 30.5. The van der Waals surface area contributed by atoms with Crippen molar-refractivity contribution in [2.45, 2.75) is 33.4 Å². The number of fused-ring (bicyclic) bond motifs is 1. The molecule has 43 heavy (non-hydrogen) atoms. The smallest absolute Gasteiger partial charge is 0.338 e. The fourth-order valence-corrected chi connectivity index (χ4v) is 6.05. The van der Waals surface area contributed by atoms with E-state index >= 15 is 0 Å². The van der Waals surface area contributed by atoms with Crippen LogP contribution in [0.1, 0.15) is 43.5 Å². The number of esters is 1. The molecule has 0 fully saturated rings. The number of halogens is 1. The number of carbonyl (C=O) groups excluding carboxylic acids is 1. The fraction of sp³-hybridized carbons (Fsp3) is 0.242. The Morgan fingerprint density at radius 2 is 1.79 bits per heavy atom. The van der Waals surface area contributed by atoms with Gasteiger partial charge in [-0.25, -0.2) is 9.79 Å². The average molecular weight is 619 g/mol. The molecule has 1 aliphatic heterocycles. The minimum Gasteiger partial charge on any atom is -0.497 e. The lowest BCUT2D eigenvalue weighted by Gasteiger charge is -2.24. The van der Waals surface area contributed by atoms with Crippen LogP contribution < -0.4 is 29.1 Å². The molecule has 0 saturated heterocycles. The van der Waals surface area contributed by atoms with E-state index < -0.39 is 12.0 Å². The molecule has 0 spiro atoms. The Hall–Kier alpha value is -4.34. The molecule has 1 atom stereocenters. The first kappa shape index (κ1) is 30.1. The predicted octanol–water partition coefficient (Wildman–Crippen LogP) is 5.44. The Morgan fingerprint density at radius 3 is 2.49 bits per heavy atom. The van der Waals surface area contributed by atoms with Crippen LogP contribution in [0.2, 0.25) is 5.02 Å². The zero-order valence-corrected chi connectivity index (χ0v) is 25.8. The minimum atomic E-state index is -0.706. The molecule has 222 valence electrons. The summed E-state index contributed by atoms with van der Waals surface area (Å²) in [7, 11) is 1.58. The van der Waals surface area contributed by atoms with E-state index in [1.54, 1.807) is 43.7 Å². The second-order valence-corrected chi connectivity index (χ2v) is 11.0. The summed E-state index contributed by atoms with van der Waals surface area (Å²) in [6.45, 7) is 6.32. The van der Waals surface area contributed by atoms with Crippen molar-refractivity contribution in [2.75, 3.05) is 20.3 Å². The number of benzene rings is 3. The highest BCUT2D eigenvalue weighted by molar-refractivity contribution is 7.07. The van der Waals surface area contributed by atoms with Crippen molar-refractivity contribution < 1.29 is 23.7 Å². The molecular weight excluding hydrogens is 588 g/mol. The van der Waals surface area contributed by atoms with Gasteiger partial charge in [0.1, 0.15) is 12.4 Å². The molecular formula is C33H31ClN2O6S. The number of rotatable bonds is 10. The molecule has 0 N–H and O–H groups in total. The van der Waals surface area contributed by atoms with Crippen LogP contribution >= 0.6 is 22.9 Å². The van der Waals surface area contributed by atoms with Crippen LogP contribution in [0.3, 0.4) is 0 Å². The number of hydrogen-bond donors (Lipinski definition) is 0. The largest absolute Gasteiger partial charge is 0.497 e. The SMILES string of the molecule is CCOC(=O)C1=C(C)N=c2s/c(=C/c3ccc(OCc4ccccc4Cl)c(OCC)c3)c(=O)n2C1c1ccc(OC)cc1. The quantitative estimate of drug-likeness (QED) is 0.220. The van der Waals surface area contributed by atoms with Gasteiger partial charge in [-0.3, -0.25) is 9.36 Å². The van der Waals surface area contributed by atoms with Crippen LogP contribution in [0.4, 0.5) is 0 Å². The molecule has 0 saturated carbocycles. The van der Waals surface area contributed by atoms with E-state index in [1.165, 1.54) is 11.3 Å². The molecule has 1 unspecified atom stereocenters. The van der Waals surface area contributed by atoms with E-state index in [0.717, 1.165) is 16.7 Å². The summed E-state index contributed by atoms with van der Waals surface area (Å²) in [4.78, 5) is 32.2. The highest BCUT2D eigenvalue weighted by atomic mass is 35.5. The Kier molecular flexibility index (Phi) is 9.33. The van der Waals surface area contributed by atoms with E-state index in [9.17, 15) is 9.59 Å². The number of carbonyl (C=O) groups is 1. The van der Waals surface area contributed by atoms with Crippen LogP contribution in [0.5, 0.6) is 17.2 Å². The van der Waals surface area contributed by atoms with E-state index in [-0.39, 0.29) is 18.8 Å². The molecule has 0 bridgehead atoms. The summed E-state index contributed by atoms with van der Waals surface area (Å²) in [5.74, 6) is 1.27. The summed E-state index contributed by atoms with van der Waals surface area (Å²) in [5, 5.41) is 0.627. The first-order valence-electron chi connectivity index (χ1n) is 13.8. The monoisotopic (exact) mass is 618 g/mol. The van der Waals surface area contributed by atoms with Crippen LogP contribution in [-0.4, -0.2) is 30.9 Å². The molecule has 1 aromatic heterocycles. The number of thiazole rings is 1. The second kappa shape index (κ2) is 13.3. The van der Waals surface area contributed by atoms with Gasteiger partial charge in [0.15, 0.2) is 16.3 Å². The van der Waals surface area contributed by atoms with Crippen molar-refractivity contribution in [3.63, 3.8) is 0 Å². The zero-order valence-electron chi connectivity index (χ0n) is 24.3. The van der Waals surface area contributed by atoms with Crippen LogP contribution in [-0.2, 0) is 16.1 Å². The third kappa shape index (κ3) is 6.38. The molecule has 5 rings (SSSR count). The lowest BCUT2D eigenvalue weighted by atomic mass is 9.96. The van der Waals surface area contributed by atoms with E-state index in [4.69, 9.17) is 30.5 Å². The third-order valence-electron chi connectivity index (χ3n) is 6.85. The molecule has 0 aliphatic carbocycles. The molecule has 0 radical (unpaired) electrons. The van der Waals surface area contributed by atoms with Crippen LogP contribution in [0.15, 0.2) is 87.8 Å². The summed E-state index contributed by atoms with van der Waals surface area (Å²) in [6.07, 6.45) is 1.79. The number of nitrogens with zero attached hydrogens (tertiary/aromatic N) is 2. The molecule has 1 aliphatic rings. The Bertz CT molecular complexity index is 1860. The topological polar surface area (TPSA) is 88.4 Å². The highest BCUT2D eigenvalue weighted by Gasteiger charge is 2.33. The van der Waals surface area contributed by atoms with Crippen molar-refractivity contribution in [1.29, 1.82) is 0 Å². The molecule has 8 nitrogen and oxygen atoms in total. The van der Waals surface area contributed by atoms with Crippen molar-refractivity contribution in [1.82, 2.24) is 4.57 Å². The first-order valence-corrected chi connectivity index (χ1v) is 15.0. The average Bonchev–Trinajstić information content (AvgIpc) is 3.30. The van der Waals surface area contributed by atoms with Crippen LogP contribution in [0.25, 0.3) is 6.08 Å². The Balaban J connectivity index is 1.56. The Labute approximate surface area is 258 Å². The van der Waals surface area contributed by atoms with E-state index in [1.807, 2.05) is 61.5 Å². The van der Waals surface area contributed by atoms with Gasteiger partial charge in [0, 0.05) is 10.6 Å². The highest BCUT2D eigenvalue weighted by Crippen LogP contribution is 2.32. The minimum absolute atomic E-state index is 0.204. The molecule has 2 heterocycles. The summed E-state index contributed by atoms with van der Waals surface area (Å²) >= 11 is 7.55. The molecule has 3 aromatic carbocycles. The van der Waals surface area contributed by atoms with Gasteiger partial charge in [-0.05, 0) is 68.3 Å². The third-order valence-corrected chi connectivity index (χ3v) is 8.21. The van der Waals surface area contributed by atoms with Gasteiger partial charge in [0.25, 0.3) is 5.56 Å². The normalized spacial score (nSPS) is 14.6. The maximum absolute atomic E-state index is 13.9. The van der Waals surface area contributed by atoms with Gasteiger partial charge in [-0.15, -0.1) is 0 Å². The maximum Gasteiger partial charge on any atom is 0.338 e. The maximum atomic E-state index is 13.9. The van der Waals surface area contributed by atoms with Gasteiger partial charge in [0.05, 0.1) is 42.2 Å². The molecule has 0 amide bonds.